The lowest BCUT2D eigenvalue weighted by molar-refractivity contribution is -0.130. The van der Waals surface area contributed by atoms with Crippen molar-refractivity contribution in [2.75, 3.05) is 32.8 Å². The van der Waals surface area contributed by atoms with Gasteiger partial charge in [-0.05, 0) is 23.6 Å². The minimum absolute atomic E-state index is 0.0997. The SMILES string of the molecule is O=C(Cc1ccc2c(c1)CCO2)N1CCCN(C(=O)c2cnccn2)CC1. The zero-order valence-electron chi connectivity index (χ0n) is 15.1. The van der Waals surface area contributed by atoms with Crippen LogP contribution in [0.4, 0.5) is 0 Å². The van der Waals surface area contributed by atoms with Crippen LogP contribution in [0.15, 0.2) is 36.8 Å². The van der Waals surface area contributed by atoms with Crippen molar-refractivity contribution in [1.82, 2.24) is 19.8 Å². The number of rotatable bonds is 3. The molecule has 2 amide bonds. The summed E-state index contributed by atoms with van der Waals surface area (Å²) in [4.78, 5) is 36.9. The zero-order chi connectivity index (χ0) is 18.6. The highest BCUT2D eigenvalue weighted by atomic mass is 16.5. The Hall–Kier alpha value is -2.96. The maximum atomic E-state index is 12.7. The number of fused-ring (bicyclic) bond motifs is 1. The topological polar surface area (TPSA) is 75.6 Å². The monoisotopic (exact) mass is 366 g/mol. The van der Waals surface area contributed by atoms with E-state index in [4.69, 9.17) is 4.74 Å². The minimum Gasteiger partial charge on any atom is -0.493 e. The number of carbonyl (C=O) groups excluding carboxylic acids is 2. The van der Waals surface area contributed by atoms with Gasteiger partial charge in [-0.3, -0.25) is 14.6 Å². The fourth-order valence-corrected chi connectivity index (χ4v) is 3.58. The van der Waals surface area contributed by atoms with Crippen LogP contribution in [0.25, 0.3) is 0 Å². The summed E-state index contributed by atoms with van der Waals surface area (Å²) in [7, 11) is 0. The van der Waals surface area contributed by atoms with E-state index in [1.165, 1.54) is 18.0 Å². The van der Waals surface area contributed by atoms with Gasteiger partial charge in [-0.2, -0.15) is 0 Å². The smallest absolute Gasteiger partial charge is 0.274 e. The van der Waals surface area contributed by atoms with E-state index in [0.29, 0.717) is 44.9 Å². The molecule has 0 unspecified atom stereocenters. The van der Waals surface area contributed by atoms with Crippen LogP contribution in [-0.4, -0.2) is 64.4 Å². The Morgan fingerprint density at radius 3 is 2.78 bits per heavy atom. The van der Waals surface area contributed by atoms with Gasteiger partial charge >= 0.3 is 0 Å². The maximum absolute atomic E-state index is 12.7. The third-order valence-corrected chi connectivity index (χ3v) is 5.03. The molecule has 0 spiro atoms. The van der Waals surface area contributed by atoms with Gasteiger partial charge in [0.05, 0.1) is 19.2 Å². The molecule has 7 heteroatoms. The summed E-state index contributed by atoms with van der Waals surface area (Å²) in [5, 5.41) is 0. The summed E-state index contributed by atoms with van der Waals surface area (Å²) in [5.41, 5.74) is 2.54. The second kappa shape index (κ2) is 7.73. The fraction of sp³-hybridized carbons (Fsp3) is 0.400. The van der Waals surface area contributed by atoms with Crippen molar-refractivity contribution in [2.24, 2.45) is 0 Å². The summed E-state index contributed by atoms with van der Waals surface area (Å²) < 4.78 is 5.52. The van der Waals surface area contributed by atoms with Crippen LogP contribution in [0.2, 0.25) is 0 Å². The largest absolute Gasteiger partial charge is 0.493 e. The van der Waals surface area contributed by atoms with E-state index in [2.05, 4.69) is 16.0 Å². The van der Waals surface area contributed by atoms with Gasteiger partial charge in [0.25, 0.3) is 5.91 Å². The molecule has 1 fully saturated rings. The van der Waals surface area contributed by atoms with Gasteiger partial charge in [0, 0.05) is 45.0 Å². The standard InChI is InChI=1S/C20H22N4O3/c25-19(13-15-2-3-18-16(12-15)4-11-27-18)23-7-1-8-24(10-9-23)20(26)17-14-21-5-6-22-17/h2-3,5-6,12,14H,1,4,7-11,13H2. The molecule has 140 valence electrons. The molecule has 2 aromatic rings. The summed E-state index contributed by atoms with van der Waals surface area (Å²) >= 11 is 0. The van der Waals surface area contributed by atoms with Crippen LogP contribution in [-0.2, 0) is 17.6 Å². The molecule has 1 aromatic carbocycles. The number of hydrogen-bond donors (Lipinski definition) is 0. The zero-order valence-corrected chi connectivity index (χ0v) is 15.1. The summed E-state index contributed by atoms with van der Waals surface area (Å²) in [5.74, 6) is 0.901. The molecule has 0 aliphatic carbocycles. The van der Waals surface area contributed by atoms with E-state index in [1.54, 1.807) is 11.1 Å². The fourth-order valence-electron chi connectivity index (χ4n) is 3.58. The molecule has 1 saturated heterocycles. The Morgan fingerprint density at radius 1 is 1.07 bits per heavy atom. The lowest BCUT2D eigenvalue weighted by Crippen LogP contribution is -2.38. The van der Waals surface area contributed by atoms with E-state index in [0.717, 1.165) is 24.2 Å². The maximum Gasteiger partial charge on any atom is 0.274 e. The number of benzene rings is 1. The predicted molar refractivity (Wildman–Crippen MR) is 98.5 cm³/mol. The summed E-state index contributed by atoms with van der Waals surface area (Å²) in [6.07, 6.45) is 6.59. The molecule has 3 heterocycles. The van der Waals surface area contributed by atoms with Gasteiger partial charge in [0.15, 0.2) is 0 Å². The molecule has 2 aliphatic heterocycles. The Bertz CT molecular complexity index is 840. The van der Waals surface area contributed by atoms with Crippen molar-refractivity contribution >= 4 is 11.8 Å². The normalized spacial score (nSPS) is 16.4. The lowest BCUT2D eigenvalue weighted by Gasteiger charge is -2.22. The lowest BCUT2D eigenvalue weighted by atomic mass is 10.1. The van der Waals surface area contributed by atoms with E-state index >= 15 is 0 Å². The van der Waals surface area contributed by atoms with Gasteiger partial charge < -0.3 is 14.5 Å². The van der Waals surface area contributed by atoms with Gasteiger partial charge in [0.1, 0.15) is 11.4 Å². The molecule has 1 aromatic heterocycles. The van der Waals surface area contributed by atoms with Crippen LogP contribution in [0, 0.1) is 0 Å². The second-order valence-corrected chi connectivity index (χ2v) is 6.83. The van der Waals surface area contributed by atoms with Crippen LogP contribution >= 0.6 is 0 Å². The molecule has 0 saturated carbocycles. The first-order chi connectivity index (χ1) is 13.2. The first-order valence-electron chi connectivity index (χ1n) is 9.28. The first-order valence-corrected chi connectivity index (χ1v) is 9.28. The molecular formula is C20H22N4O3. The molecule has 0 radical (unpaired) electrons. The third-order valence-electron chi connectivity index (χ3n) is 5.03. The molecule has 2 aliphatic rings. The molecule has 0 N–H and O–H groups in total. The highest BCUT2D eigenvalue weighted by molar-refractivity contribution is 5.92. The predicted octanol–water partition coefficient (Wildman–Crippen LogP) is 1.33. The highest BCUT2D eigenvalue weighted by Crippen LogP contribution is 2.26. The van der Waals surface area contributed by atoms with Crippen molar-refractivity contribution in [3.8, 4) is 5.75 Å². The summed E-state index contributed by atoms with van der Waals surface area (Å²) in [6.45, 7) is 3.05. The average molecular weight is 366 g/mol. The van der Waals surface area contributed by atoms with E-state index in [9.17, 15) is 9.59 Å². The number of amides is 2. The number of nitrogens with zero attached hydrogens (tertiary/aromatic N) is 4. The van der Waals surface area contributed by atoms with Gasteiger partial charge in [-0.1, -0.05) is 12.1 Å². The summed E-state index contributed by atoms with van der Waals surface area (Å²) in [6, 6.07) is 5.99. The van der Waals surface area contributed by atoms with Crippen LogP contribution in [0.3, 0.4) is 0 Å². The molecular weight excluding hydrogens is 344 g/mol. The van der Waals surface area contributed by atoms with Crippen LogP contribution < -0.4 is 4.74 Å². The number of hydrogen-bond acceptors (Lipinski definition) is 5. The first kappa shape index (κ1) is 17.5. The van der Waals surface area contributed by atoms with E-state index < -0.39 is 0 Å². The number of aromatic nitrogens is 2. The second-order valence-electron chi connectivity index (χ2n) is 6.83. The molecule has 4 rings (SSSR count). The van der Waals surface area contributed by atoms with Gasteiger partial charge in [-0.25, -0.2) is 4.98 Å². The van der Waals surface area contributed by atoms with Crippen LogP contribution in [0.5, 0.6) is 5.75 Å². The van der Waals surface area contributed by atoms with Gasteiger partial charge in [0.2, 0.25) is 5.91 Å². The van der Waals surface area contributed by atoms with Crippen molar-refractivity contribution < 1.29 is 14.3 Å². The number of carbonyl (C=O) groups is 2. The van der Waals surface area contributed by atoms with Crippen LogP contribution in [0.1, 0.15) is 28.0 Å². The van der Waals surface area contributed by atoms with Gasteiger partial charge in [-0.15, -0.1) is 0 Å². The van der Waals surface area contributed by atoms with E-state index in [-0.39, 0.29) is 11.8 Å². The Labute approximate surface area is 158 Å². The van der Waals surface area contributed by atoms with Crippen molar-refractivity contribution in [3.63, 3.8) is 0 Å². The average Bonchev–Trinajstić information content (AvgIpc) is 3.02. The Balaban J connectivity index is 1.36. The van der Waals surface area contributed by atoms with Crippen molar-refractivity contribution in [3.05, 3.63) is 53.6 Å². The Kier molecular flexibility index (Phi) is 5.00. The van der Waals surface area contributed by atoms with E-state index in [1.807, 2.05) is 17.0 Å². The van der Waals surface area contributed by atoms with Crippen molar-refractivity contribution in [1.29, 1.82) is 0 Å². The third kappa shape index (κ3) is 3.92. The Morgan fingerprint density at radius 2 is 1.93 bits per heavy atom. The quantitative estimate of drug-likeness (QED) is 0.819. The van der Waals surface area contributed by atoms with Crippen molar-refractivity contribution in [2.45, 2.75) is 19.3 Å². The molecule has 0 bridgehead atoms. The number of ether oxygens (including phenoxy) is 1. The highest BCUT2D eigenvalue weighted by Gasteiger charge is 2.24. The minimum atomic E-state index is -0.129. The molecule has 27 heavy (non-hydrogen) atoms. The molecule has 7 nitrogen and oxygen atoms in total. The molecule has 0 atom stereocenters.